The van der Waals surface area contributed by atoms with E-state index in [1.807, 2.05) is 0 Å². The molecule has 0 unspecified atom stereocenters. The summed E-state index contributed by atoms with van der Waals surface area (Å²) in [4.78, 5) is 22.2. The van der Waals surface area contributed by atoms with E-state index in [1.54, 1.807) is 18.2 Å². The summed E-state index contributed by atoms with van der Waals surface area (Å²) >= 11 is 0. The first-order chi connectivity index (χ1) is 10.0. The lowest BCUT2D eigenvalue weighted by molar-refractivity contribution is -0.142. The van der Waals surface area contributed by atoms with Crippen molar-refractivity contribution < 1.29 is 29.3 Å². The van der Waals surface area contributed by atoms with Crippen LogP contribution in [0.5, 0.6) is 11.5 Å². The van der Waals surface area contributed by atoms with Crippen LogP contribution in [0.25, 0.3) is 6.08 Å². The molecule has 7 nitrogen and oxygen atoms in total. The molecule has 21 heavy (non-hydrogen) atoms. The normalized spacial score (nSPS) is 12.0. The van der Waals surface area contributed by atoms with Gasteiger partial charge in [0.25, 0.3) is 0 Å². The van der Waals surface area contributed by atoms with Crippen LogP contribution in [0, 0.1) is 0 Å². The molecule has 7 heteroatoms. The quantitative estimate of drug-likeness (QED) is 0.624. The molecule has 1 amide bonds. The highest BCUT2D eigenvalue weighted by Crippen LogP contribution is 2.27. The minimum Gasteiger partial charge on any atom is -0.493 e. The van der Waals surface area contributed by atoms with E-state index in [1.165, 1.54) is 26.4 Å². The summed E-state index contributed by atoms with van der Waals surface area (Å²) in [6.45, 7) is -0.675. The number of carboxylic acids is 1. The van der Waals surface area contributed by atoms with Crippen LogP contribution in [0.1, 0.15) is 5.56 Å². The van der Waals surface area contributed by atoms with Crippen LogP contribution in [0.2, 0.25) is 0 Å². The number of benzene rings is 1. The van der Waals surface area contributed by atoms with Crippen molar-refractivity contribution in [3.05, 3.63) is 29.8 Å². The molecule has 1 aromatic carbocycles. The number of ether oxygens (including phenoxy) is 2. The molecule has 0 saturated carbocycles. The number of nitrogens with one attached hydrogen (secondary N) is 1. The summed E-state index contributed by atoms with van der Waals surface area (Å²) in [6, 6.07) is 3.74. The Balaban J connectivity index is 2.76. The maximum Gasteiger partial charge on any atom is 0.328 e. The zero-order valence-corrected chi connectivity index (χ0v) is 11.7. The Morgan fingerprint density at radius 3 is 2.48 bits per heavy atom. The fourth-order valence-corrected chi connectivity index (χ4v) is 1.53. The Labute approximate surface area is 121 Å². The number of aliphatic hydroxyl groups is 1. The van der Waals surface area contributed by atoms with Gasteiger partial charge in [0.15, 0.2) is 17.5 Å². The summed E-state index contributed by atoms with van der Waals surface area (Å²) in [6.07, 6.45) is 2.67. The number of carbonyl (C=O) groups is 2. The number of hydrogen-bond donors (Lipinski definition) is 3. The van der Waals surface area contributed by atoms with Crippen molar-refractivity contribution in [2.45, 2.75) is 6.04 Å². The lowest BCUT2D eigenvalue weighted by Crippen LogP contribution is -2.42. The Morgan fingerprint density at radius 2 is 1.95 bits per heavy atom. The van der Waals surface area contributed by atoms with E-state index in [4.69, 9.17) is 19.7 Å². The minimum atomic E-state index is -1.33. The third-order valence-corrected chi connectivity index (χ3v) is 2.63. The Bertz CT molecular complexity index is 540. The number of hydrogen-bond acceptors (Lipinski definition) is 5. The smallest absolute Gasteiger partial charge is 0.328 e. The Morgan fingerprint density at radius 1 is 1.29 bits per heavy atom. The van der Waals surface area contributed by atoms with Crippen molar-refractivity contribution >= 4 is 18.0 Å². The minimum absolute atomic E-state index is 0.513. The molecule has 0 radical (unpaired) electrons. The van der Waals surface area contributed by atoms with E-state index in [0.717, 1.165) is 0 Å². The van der Waals surface area contributed by atoms with Gasteiger partial charge in [-0.2, -0.15) is 0 Å². The highest BCUT2D eigenvalue weighted by molar-refractivity contribution is 5.94. The monoisotopic (exact) mass is 295 g/mol. The number of amides is 1. The van der Waals surface area contributed by atoms with Crippen molar-refractivity contribution in [2.75, 3.05) is 20.8 Å². The van der Waals surface area contributed by atoms with E-state index >= 15 is 0 Å². The van der Waals surface area contributed by atoms with Gasteiger partial charge in [-0.05, 0) is 23.8 Å². The predicted octanol–water partition coefficient (Wildman–Crippen LogP) is 0.279. The average Bonchev–Trinajstić information content (AvgIpc) is 2.49. The molecule has 0 aromatic heterocycles. The van der Waals surface area contributed by atoms with Crippen LogP contribution in [0.15, 0.2) is 24.3 Å². The van der Waals surface area contributed by atoms with E-state index in [0.29, 0.717) is 17.1 Å². The molecule has 0 bridgehead atoms. The third-order valence-electron chi connectivity index (χ3n) is 2.63. The molecule has 1 aromatic rings. The molecule has 0 saturated heterocycles. The standard InChI is InChI=1S/C14H17NO6/c1-20-11-5-3-9(7-12(11)21-2)4-6-13(17)15-10(8-16)14(18)19/h3-7,10,16H,8H2,1-2H3,(H,15,17)(H,18,19)/b6-4+/t10-/m0/s1. The molecule has 0 fully saturated rings. The van der Waals surface area contributed by atoms with Crippen molar-refractivity contribution in [3.63, 3.8) is 0 Å². The second-order valence-corrected chi connectivity index (χ2v) is 4.03. The van der Waals surface area contributed by atoms with Gasteiger partial charge in [0.1, 0.15) is 0 Å². The fraction of sp³-hybridized carbons (Fsp3) is 0.286. The molecule has 3 N–H and O–H groups in total. The maximum atomic E-state index is 11.5. The zero-order valence-electron chi connectivity index (χ0n) is 11.7. The van der Waals surface area contributed by atoms with Crippen molar-refractivity contribution in [3.8, 4) is 11.5 Å². The lowest BCUT2D eigenvalue weighted by Gasteiger charge is -2.09. The highest BCUT2D eigenvalue weighted by atomic mass is 16.5. The van der Waals surface area contributed by atoms with Crippen molar-refractivity contribution in [2.24, 2.45) is 0 Å². The lowest BCUT2D eigenvalue weighted by atomic mass is 10.2. The molecular weight excluding hydrogens is 278 g/mol. The van der Waals surface area contributed by atoms with Crippen LogP contribution in [-0.2, 0) is 9.59 Å². The maximum absolute atomic E-state index is 11.5. The molecule has 1 atom stereocenters. The Hall–Kier alpha value is -2.54. The van der Waals surface area contributed by atoms with E-state index in [9.17, 15) is 9.59 Å². The largest absolute Gasteiger partial charge is 0.493 e. The van der Waals surface area contributed by atoms with E-state index < -0.39 is 24.5 Å². The fourth-order valence-electron chi connectivity index (χ4n) is 1.53. The number of aliphatic hydroxyl groups excluding tert-OH is 1. The third kappa shape index (κ3) is 4.81. The first-order valence-corrected chi connectivity index (χ1v) is 6.06. The number of rotatable bonds is 7. The van der Waals surface area contributed by atoms with Gasteiger partial charge in [-0.15, -0.1) is 0 Å². The first kappa shape index (κ1) is 16.5. The van der Waals surface area contributed by atoms with Crippen molar-refractivity contribution in [1.29, 1.82) is 0 Å². The average molecular weight is 295 g/mol. The first-order valence-electron chi connectivity index (χ1n) is 6.06. The van der Waals surface area contributed by atoms with Crippen LogP contribution in [0.3, 0.4) is 0 Å². The SMILES string of the molecule is COc1ccc(/C=C/C(=O)N[C@@H](CO)C(=O)O)cc1OC. The van der Waals surface area contributed by atoms with Gasteiger partial charge in [-0.1, -0.05) is 6.07 Å². The summed E-state index contributed by atoms with van der Waals surface area (Å²) < 4.78 is 10.2. The van der Waals surface area contributed by atoms with Crippen LogP contribution < -0.4 is 14.8 Å². The molecule has 0 heterocycles. The molecule has 0 spiro atoms. The molecule has 0 aliphatic carbocycles. The Kier molecular flexibility index (Phi) is 6.22. The number of methoxy groups -OCH3 is 2. The number of aliphatic carboxylic acids is 1. The summed E-state index contributed by atoms with van der Waals surface area (Å²) in [5.74, 6) is -0.847. The summed E-state index contributed by atoms with van der Waals surface area (Å²) in [5.41, 5.74) is 0.679. The van der Waals surface area contributed by atoms with Gasteiger partial charge >= 0.3 is 5.97 Å². The number of carbonyl (C=O) groups excluding carboxylic acids is 1. The molecule has 114 valence electrons. The molecule has 0 aliphatic heterocycles. The predicted molar refractivity (Wildman–Crippen MR) is 75.2 cm³/mol. The van der Waals surface area contributed by atoms with Crippen LogP contribution in [-0.4, -0.2) is 49.0 Å². The van der Waals surface area contributed by atoms with Gasteiger partial charge in [-0.25, -0.2) is 4.79 Å². The summed E-state index contributed by atoms with van der Waals surface area (Å²) in [7, 11) is 3.01. The second-order valence-electron chi connectivity index (χ2n) is 4.03. The summed E-state index contributed by atoms with van der Waals surface area (Å²) in [5, 5.41) is 19.7. The van der Waals surface area contributed by atoms with Crippen LogP contribution >= 0.6 is 0 Å². The zero-order chi connectivity index (χ0) is 15.8. The van der Waals surface area contributed by atoms with Gasteiger partial charge in [-0.3, -0.25) is 4.79 Å². The highest BCUT2D eigenvalue weighted by Gasteiger charge is 2.17. The second kappa shape index (κ2) is 7.91. The van der Waals surface area contributed by atoms with Crippen LogP contribution in [0.4, 0.5) is 0 Å². The van der Waals surface area contributed by atoms with Gasteiger partial charge in [0, 0.05) is 6.08 Å². The van der Waals surface area contributed by atoms with Gasteiger partial charge in [0.05, 0.1) is 20.8 Å². The topological polar surface area (TPSA) is 105 Å². The number of carboxylic acid groups (broad SMARTS) is 1. The van der Waals surface area contributed by atoms with E-state index in [-0.39, 0.29) is 0 Å². The van der Waals surface area contributed by atoms with E-state index in [2.05, 4.69) is 5.32 Å². The van der Waals surface area contributed by atoms with Gasteiger partial charge < -0.3 is 25.0 Å². The van der Waals surface area contributed by atoms with Crippen molar-refractivity contribution in [1.82, 2.24) is 5.32 Å². The molecule has 1 rings (SSSR count). The van der Waals surface area contributed by atoms with Gasteiger partial charge in [0.2, 0.25) is 5.91 Å². The molecular formula is C14H17NO6. The molecule has 0 aliphatic rings.